The van der Waals surface area contributed by atoms with Crippen LogP contribution in [-0.2, 0) is 11.3 Å². The van der Waals surface area contributed by atoms with Crippen LogP contribution in [0.15, 0.2) is 0 Å². The van der Waals surface area contributed by atoms with Gasteiger partial charge in [-0.2, -0.15) is 0 Å². The molecule has 0 spiro atoms. The highest BCUT2D eigenvalue weighted by Crippen LogP contribution is 2.33. The van der Waals surface area contributed by atoms with Crippen molar-refractivity contribution in [3.8, 4) is 0 Å². The Balaban J connectivity index is 2.24. The zero-order valence-electron chi connectivity index (χ0n) is 10.5. The number of anilines is 1. The van der Waals surface area contributed by atoms with E-state index in [1.807, 2.05) is 0 Å². The van der Waals surface area contributed by atoms with Gasteiger partial charge in [0.1, 0.15) is 0 Å². The summed E-state index contributed by atoms with van der Waals surface area (Å²) in [4.78, 5) is 18.5. The lowest BCUT2D eigenvalue weighted by Gasteiger charge is -2.19. The van der Waals surface area contributed by atoms with Crippen LogP contribution in [0.5, 0.6) is 0 Å². The summed E-state index contributed by atoms with van der Waals surface area (Å²) in [5.74, 6) is 0.694. The number of carbonyl (C=O) groups excluding carboxylic acids is 1. The second kappa shape index (κ2) is 5.14. The molecule has 1 aromatic heterocycles. The van der Waals surface area contributed by atoms with Crippen molar-refractivity contribution in [3.05, 3.63) is 10.6 Å². The first-order valence-corrected chi connectivity index (χ1v) is 6.67. The van der Waals surface area contributed by atoms with Crippen molar-refractivity contribution in [1.29, 1.82) is 0 Å². The maximum absolute atomic E-state index is 11.0. The fourth-order valence-corrected chi connectivity index (χ4v) is 3.37. The van der Waals surface area contributed by atoms with Crippen LogP contribution in [0.3, 0.4) is 0 Å². The highest BCUT2D eigenvalue weighted by atomic mass is 32.1. The first kappa shape index (κ1) is 12.5. The molecule has 2 atom stereocenters. The minimum absolute atomic E-state index is 0.405. The zero-order chi connectivity index (χ0) is 12.4. The van der Waals surface area contributed by atoms with Crippen molar-refractivity contribution in [1.82, 2.24) is 4.98 Å². The van der Waals surface area contributed by atoms with Gasteiger partial charge in [-0.15, -0.1) is 0 Å². The Hall–Kier alpha value is -0.940. The molecule has 1 aromatic rings. The van der Waals surface area contributed by atoms with Gasteiger partial charge in [0.2, 0.25) is 0 Å². The molecular weight excluding hydrogens is 236 g/mol. The minimum atomic E-state index is 0.405. The molecule has 1 aliphatic heterocycles. The van der Waals surface area contributed by atoms with Gasteiger partial charge in [-0.25, -0.2) is 4.98 Å². The largest absolute Gasteiger partial charge is 0.378 e. The Bertz CT molecular complexity index is 405. The number of rotatable bonds is 4. The summed E-state index contributed by atoms with van der Waals surface area (Å²) in [6, 6.07) is 0.506. The molecule has 5 heteroatoms. The summed E-state index contributed by atoms with van der Waals surface area (Å²) in [6.45, 7) is 5.89. The van der Waals surface area contributed by atoms with E-state index < -0.39 is 0 Å². The van der Waals surface area contributed by atoms with E-state index >= 15 is 0 Å². The Morgan fingerprint density at radius 3 is 2.88 bits per heavy atom. The van der Waals surface area contributed by atoms with Crippen LogP contribution in [0.25, 0.3) is 0 Å². The molecule has 0 aliphatic carbocycles. The van der Waals surface area contributed by atoms with E-state index in [0.29, 0.717) is 23.4 Å². The molecule has 2 unspecified atom stereocenters. The quantitative estimate of drug-likeness (QED) is 0.773. The van der Waals surface area contributed by atoms with Gasteiger partial charge >= 0.3 is 0 Å². The highest BCUT2D eigenvalue weighted by Gasteiger charge is 2.29. The van der Waals surface area contributed by atoms with Gasteiger partial charge in [0.25, 0.3) is 0 Å². The molecule has 2 rings (SSSR count). The van der Waals surface area contributed by atoms with E-state index in [4.69, 9.17) is 4.74 Å². The van der Waals surface area contributed by atoms with E-state index in [2.05, 4.69) is 23.7 Å². The van der Waals surface area contributed by atoms with Gasteiger partial charge in [-0.3, -0.25) is 4.79 Å². The molecule has 1 saturated heterocycles. The molecule has 0 N–H and O–H groups in total. The third-order valence-electron chi connectivity index (χ3n) is 3.13. The second-order valence-electron chi connectivity index (χ2n) is 4.70. The first-order chi connectivity index (χ1) is 8.15. The number of aldehydes is 1. The van der Waals surface area contributed by atoms with E-state index in [0.717, 1.165) is 23.7 Å². The SMILES string of the molecule is COCc1nc(N2CC(C)CC2C)sc1C=O. The van der Waals surface area contributed by atoms with Gasteiger partial charge < -0.3 is 9.64 Å². The monoisotopic (exact) mass is 254 g/mol. The molecular formula is C12H18N2O2S. The summed E-state index contributed by atoms with van der Waals surface area (Å²) < 4.78 is 5.06. The summed E-state index contributed by atoms with van der Waals surface area (Å²) in [6.07, 6.45) is 2.06. The van der Waals surface area contributed by atoms with E-state index in [9.17, 15) is 4.79 Å². The molecule has 2 heterocycles. The molecule has 17 heavy (non-hydrogen) atoms. The average molecular weight is 254 g/mol. The van der Waals surface area contributed by atoms with Crippen LogP contribution in [0.1, 0.15) is 35.6 Å². The fourth-order valence-electron chi connectivity index (χ4n) is 2.37. The van der Waals surface area contributed by atoms with Crippen LogP contribution in [0, 0.1) is 5.92 Å². The van der Waals surface area contributed by atoms with E-state index in [1.165, 1.54) is 17.8 Å². The van der Waals surface area contributed by atoms with Gasteiger partial charge in [0.15, 0.2) is 11.4 Å². The number of nitrogens with zero attached hydrogens (tertiary/aromatic N) is 2. The maximum atomic E-state index is 11.0. The Labute approximate surface area is 106 Å². The van der Waals surface area contributed by atoms with Crippen LogP contribution < -0.4 is 4.90 Å². The molecule has 4 nitrogen and oxygen atoms in total. The highest BCUT2D eigenvalue weighted by molar-refractivity contribution is 7.17. The minimum Gasteiger partial charge on any atom is -0.378 e. The molecule has 94 valence electrons. The number of hydrogen-bond acceptors (Lipinski definition) is 5. The van der Waals surface area contributed by atoms with Crippen LogP contribution in [0.4, 0.5) is 5.13 Å². The number of hydrogen-bond donors (Lipinski definition) is 0. The summed E-state index contributed by atoms with van der Waals surface area (Å²) in [7, 11) is 1.62. The smallest absolute Gasteiger partial charge is 0.186 e. The first-order valence-electron chi connectivity index (χ1n) is 5.86. The number of thiazole rings is 1. The van der Waals surface area contributed by atoms with E-state index in [-0.39, 0.29) is 0 Å². The molecule has 0 saturated carbocycles. The van der Waals surface area contributed by atoms with Crippen molar-refractivity contribution in [3.63, 3.8) is 0 Å². The van der Waals surface area contributed by atoms with Crippen molar-refractivity contribution in [2.24, 2.45) is 5.92 Å². The van der Waals surface area contributed by atoms with Crippen LogP contribution in [-0.4, -0.2) is 31.0 Å². The summed E-state index contributed by atoms with van der Waals surface area (Å²) in [5.41, 5.74) is 0.759. The fraction of sp³-hybridized carbons (Fsp3) is 0.667. The Morgan fingerprint density at radius 2 is 2.35 bits per heavy atom. The summed E-state index contributed by atoms with van der Waals surface area (Å²) in [5, 5.41) is 0.955. The van der Waals surface area contributed by atoms with Gasteiger partial charge in [0.05, 0.1) is 17.2 Å². The molecule has 0 aromatic carbocycles. The van der Waals surface area contributed by atoms with Gasteiger partial charge in [-0.1, -0.05) is 18.3 Å². The number of carbonyl (C=O) groups is 1. The number of aromatic nitrogens is 1. The van der Waals surface area contributed by atoms with E-state index in [1.54, 1.807) is 7.11 Å². The third-order valence-corrected chi connectivity index (χ3v) is 4.19. The normalized spacial score (nSPS) is 24.3. The topological polar surface area (TPSA) is 42.4 Å². The van der Waals surface area contributed by atoms with Gasteiger partial charge in [0, 0.05) is 19.7 Å². The Morgan fingerprint density at radius 1 is 1.59 bits per heavy atom. The van der Waals surface area contributed by atoms with Crippen LogP contribution in [0.2, 0.25) is 0 Å². The maximum Gasteiger partial charge on any atom is 0.186 e. The summed E-state index contributed by atoms with van der Waals surface area (Å²) >= 11 is 1.47. The predicted octanol–water partition coefficient (Wildman–Crippen LogP) is 2.34. The predicted molar refractivity (Wildman–Crippen MR) is 68.8 cm³/mol. The molecule has 1 fully saturated rings. The average Bonchev–Trinajstić information content (AvgIpc) is 2.82. The molecule has 0 bridgehead atoms. The molecule has 0 radical (unpaired) electrons. The van der Waals surface area contributed by atoms with Crippen molar-refractivity contribution >= 4 is 22.8 Å². The number of methoxy groups -OCH3 is 1. The van der Waals surface area contributed by atoms with Gasteiger partial charge in [-0.05, 0) is 19.3 Å². The molecule has 0 amide bonds. The van der Waals surface area contributed by atoms with Crippen molar-refractivity contribution in [2.75, 3.05) is 18.6 Å². The van der Waals surface area contributed by atoms with Crippen LogP contribution >= 0.6 is 11.3 Å². The lowest BCUT2D eigenvalue weighted by Crippen LogP contribution is -2.26. The number of ether oxygens (including phenoxy) is 1. The standard InChI is InChI=1S/C12H18N2O2S/c1-8-4-9(2)14(5-8)12-13-10(7-16-3)11(6-15)17-12/h6,8-9H,4-5,7H2,1-3H3. The Kier molecular flexibility index (Phi) is 3.79. The lowest BCUT2D eigenvalue weighted by molar-refractivity contribution is 0.112. The molecule has 1 aliphatic rings. The lowest BCUT2D eigenvalue weighted by atomic mass is 10.1. The van der Waals surface area contributed by atoms with Crippen molar-refractivity contribution in [2.45, 2.75) is 32.9 Å². The second-order valence-corrected chi connectivity index (χ2v) is 5.71. The third kappa shape index (κ3) is 2.50. The van der Waals surface area contributed by atoms with Crippen molar-refractivity contribution < 1.29 is 9.53 Å². The zero-order valence-corrected chi connectivity index (χ0v) is 11.3.